The maximum absolute atomic E-state index is 5.97. The van der Waals surface area contributed by atoms with Gasteiger partial charge in [-0.2, -0.15) is 0 Å². The maximum atomic E-state index is 5.97. The van der Waals surface area contributed by atoms with Crippen LogP contribution < -0.4 is 10.1 Å². The second-order valence-corrected chi connectivity index (χ2v) is 4.77. The van der Waals surface area contributed by atoms with Gasteiger partial charge in [0.1, 0.15) is 11.5 Å². The number of pyridine rings is 1. The summed E-state index contributed by atoms with van der Waals surface area (Å²) in [6.07, 6.45) is 1.77. The summed E-state index contributed by atoms with van der Waals surface area (Å²) in [6.45, 7) is 7.00. The van der Waals surface area contributed by atoms with Crippen molar-refractivity contribution in [2.45, 2.75) is 27.3 Å². The first kappa shape index (κ1) is 13.6. The van der Waals surface area contributed by atoms with Crippen LogP contribution in [0.1, 0.15) is 22.4 Å². The third kappa shape index (κ3) is 3.12. The molecule has 0 spiro atoms. The molecule has 3 heteroatoms. The van der Waals surface area contributed by atoms with Gasteiger partial charge in [0.25, 0.3) is 0 Å². The number of hydrogen-bond donors (Lipinski definition) is 1. The molecule has 0 aliphatic rings. The van der Waals surface area contributed by atoms with Crippen LogP contribution in [0.2, 0.25) is 0 Å². The van der Waals surface area contributed by atoms with Gasteiger partial charge in [0.05, 0.1) is 11.9 Å². The molecular weight excluding hydrogens is 236 g/mol. The molecule has 1 aromatic carbocycles. The van der Waals surface area contributed by atoms with Crippen LogP contribution in [0, 0.1) is 20.8 Å². The fourth-order valence-corrected chi connectivity index (χ4v) is 1.96. The van der Waals surface area contributed by atoms with Crippen molar-refractivity contribution in [2.75, 3.05) is 7.05 Å². The number of rotatable bonds is 4. The van der Waals surface area contributed by atoms with Crippen LogP contribution in [0.4, 0.5) is 0 Å². The predicted octanol–water partition coefficient (Wildman–Crippen LogP) is 3.52. The number of nitrogens with zero attached hydrogens (tertiary/aromatic N) is 1. The highest BCUT2D eigenvalue weighted by atomic mass is 16.5. The molecule has 0 aliphatic carbocycles. The van der Waals surface area contributed by atoms with Crippen molar-refractivity contribution in [1.82, 2.24) is 10.3 Å². The van der Waals surface area contributed by atoms with Crippen molar-refractivity contribution in [1.29, 1.82) is 0 Å². The highest BCUT2D eigenvalue weighted by molar-refractivity contribution is 5.46. The van der Waals surface area contributed by atoms with Crippen molar-refractivity contribution in [3.05, 3.63) is 52.8 Å². The van der Waals surface area contributed by atoms with E-state index < -0.39 is 0 Å². The van der Waals surface area contributed by atoms with E-state index in [0.717, 1.165) is 29.3 Å². The molecule has 0 radical (unpaired) electrons. The lowest BCUT2D eigenvalue weighted by molar-refractivity contribution is 0.471. The fraction of sp³-hybridized carbons (Fsp3) is 0.312. The van der Waals surface area contributed by atoms with Crippen LogP contribution in [0.15, 0.2) is 30.5 Å². The molecule has 100 valence electrons. The Labute approximate surface area is 114 Å². The molecule has 0 unspecified atom stereocenters. The summed E-state index contributed by atoms with van der Waals surface area (Å²) < 4.78 is 5.97. The predicted molar refractivity (Wildman–Crippen MR) is 77.7 cm³/mol. The Bertz CT molecular complexity index is 562. The summed E-state index contributed by atoms with van der Waals surface area (Å²) in [7, 11) is 1.91. The Morgan fingerprint density at radius 2 is 1.79 bits per heavy atom. The number of hydrogen-bond acceptors (Lipinski definition) is 3. The monoisotopic (exact) mass is 256 g/mol. The highest BCUT2D eigenvalue weighted by Crippen LogP contribution is 2.30. The molecule has 1 aromatic heterocycles. The Morgan fingerprint density at radius 1 is 1.05 bits per heavy atom. The summed E-state index contributed by atoms with van der Waals surface area (Å²) in [6, 6.07) is 8.14. The molecule has 0 aliphatic heterocycles. The van der Waals surface area contributed by atoms with Gasteiger partial charge in [-0.1, -0.05) is 12.1 Å². The first-order valence-electron chi connectivity index (χ1n) is 6.46. The van der Waals surface area contributed by atoms with Crippen LogP contribution in [0.5, 0.6) is 11.5 Å². The zero-order chi connectivity index (χ0) is 13.8. The van der Waals surface area contributed by atoms with Crippen LogP contribution >= 0.6 is 0 Å². The molecule has 0 amide bonds. The Kier molecular flexibility index (Phi) is 4.17. The molecular formula is C16H20N2O. The molecule has 3 nitrogen and oxygen atoms in total. The smallest absolute Gasteiger partial charge is 0.145 e. The molecule has 2 aromatic rings. The van der Waals surface area contributed by atoms with E-state index in [-0.39, 0.29) is 0 Å². The Morgan fingerprint density at radius 3 is 2.42 bits per heavy atom. The standard InChI is InChI=1S/C16H20N2O/c1-11-5-6-12(2)16(13(11)3)19-15-8-7-14(9-17-4)18-10-15/h5-8,10,17H,9H2,1-4H3. The second kappa shape index (κ2) is 5.85. The minimum atomic E-state index is 0.767. The summed E-state index contributed by atoms with van der Waals surface area (Å²) in [4.78, 5) is 4.36. The van der Waals surface area contributed by atoms with Crippen molar-refractivity contribution in [3.63, 3.8) is 0 Å². The van der Waals surface area contributed by atoms with Gasteiger partial charge in [-0.15, -0.1) is 0 Å². The SMILES string of the molecule is CNCc1ccc(Oc2c(C)ccc(C)c2C)cn1. The van der Waals surface area contributed by atoms with Crippen molar-refractivity contribution >= 4 is 0 Å². The Hall–Kier alpha value is -1.87. The van der Waals surface area contributed by atoms with Gasteiger partial charge in [0, 0.05) is 6.54 Å². The number of aryl methyl sites for hydroxylation is 2. The topological polar surface area (TPSA) is 34.1 Å². The van der Waals surface area contributed by atoms with Gasteiger partial charge in [-0.25, -0.2) is 0 Å². The number of aromatic nitrogens is 1. The third-order valence-electron chi connectivity index (χ3n) is 3.25. The summed E-state index contributed by atoms with van der Waals surface area (Å²) in [5.41, 5.74) is 4.56. The van der Waals surface area contributed by atoms with E-state index >= 15 is 0 Å². The van der Waals surface area contributed by atoms with E-state index in [9.17, 15) is 0 Å². The maximum Gasteiger partial charge on any atom is 0.145 e. The van der Waals surface area contributed by atoms with E-state index in [1.807, 2.05) is 19.2 Å². The first-order chi connectivity index (χ1) is 9.11. The number of ether oxygens (including phenoxy) is 1. The van der Waals surface area contributed by atoms with E-state index in [0.29, 0.717) is 0 Å². The molecule has 1 heterocycles. The molecule has 0 fully saturated rings. The van der Waals surface area contributed by atoms with Gasteiger partial charge >= 0.3 is 0 Å². The normalized spacial score (nSPS) is 10.5. The third-order valence-corrected chi connectivity index (χ3v) is 3.25. The fourth-order valence-electron chi connectivity index (χ4n) is 1.96. The molecule has 19 heavy (non-hydrogen) atoms. The molecule has 0 bridgehead atoms. The van der Waals surface area contributed by atoms with E-state index in [2.05, 4.69) is 43.2 Å². The largest absolute Gasteiger partial charge is 0.455 e. The average Bonchev–Trinajstić information content (AvgIpc) is 2.41. The van der Waals surface area contributed by atoms with Crippen molar-refractivity contribution in [3.8, 4) is 11.5 Å². The quantitative estimate of drug-likeness (QED) is 0.908. The number of benzene rings is 1. The minimum absolute atomic E-state index is 0.767. The van der Waals surface area contributed by atoms with Crippen LogP contribution in [0.3, 0.4) is 0 Å². The molecule has 0 saturated carbocycles. The van der Waals surface area contributed by atoms with Crippen LogP contribution in [0.25, 0.3) is 0 Å². The van der Waals surface area contributed by atoms with Gasteiger partial charge in [0.15, 0.2) is 0 Å². The highest BCUT2D eigenvalue weighted by Gasteiger charge is 2.07. The molecule has 0 atom stereocenters. The van der Waals surface area contributed by atoms with Crippen molar-refractivity contribution in [2.24, 2.45) is 0 Å². The van der Waals surface area contributed by atoms with Gasteiger partial charge < -0.3 is 10.1 Å². The lowest BCUT2D eigenvalue weighted by atomic mass is 10.1. The summed E-state index contributed by atoms with van der Waals surface area (Å²) >= 11 is 0. The van der Waals surface area contributed by atoms with E-state index in [1.54, 1.807) is 6.20 Å². The van der Waals surface area contributed by atoms with E-state index in [4.69, 9.17) is 4.74 Å². The lowest BCUT2D eigenvalue weighted by Crippen LogP contribution is -2.06. The van der Waals surface area contributed by atoms with Crippen LogP contribution in [-0.2, 0) is 6.54 Å². The zero-order valence-electron chi connectivity index (χ0n) is 11.9. The molecule has 0 saturated heterocycles. The number of nitrogens with one attached hydrogen (secondary N) is 1. The molecule has 1 N–H and O–H groups in total. The minimum Gasteiger partial charge on any atom is -0.455 e. The average molecular weight is 256 g/mol. The summed E-state index contributed by atoms with van der Waals surface area (Å²) in [5.74, 6) is 1.71. The second-order valence-electron chi connectivity index (χ2n) is 4.77. The lowest BCUT2D eigenvalue weighted by Gasteiger charge is -2.13. The Balaban J connectivity index is 2.24. The summed E-state index contributed by atoms with van der Waals surface area (Å²) in [5, 5.41) is 3.08. The van der Waals surface area contributed by atoms with Crippen molar-refractivity contribution < 1.29 is 4.74 Å². The van der Waals surface area contributed by atoms with Gasteiger partial charge in [0.2, 0.25) is 0 Å². The zero-order valence-corrected chi connectivity index (χ0v) is 11.9. The van der Waals surface area contributed by atoms with Gasteiger partial charge in [-0.05, 0) is 56.6 Å². The van der Waals surface area contributed by atoms with Crippen LogP contribution in [-0.4, -0.2) is 12.0 Å². The first-order valence-corrected chi connectivity index (χ1v) is 6.46. The molecule has 2 rings (SSSR count). The van der Waals surface area contributed by atoms with E-state index in [1.165, 1.54) is 11.1 Å². The van der Waals surface area contributed by atoms with Gasteiger partial charge in [-0.3, -0.25) is 4.98 Å².